The minimum Gasteiger partial charge on any atom is -0.302 e. The van der Waals surface area contributed by atoms with Gasteiger partial charge in [0.25, 0.3) is 0 Å². The van der Waals surface area contributed by atoms with Crippen LogP contribution in [0.15, 0.2) is 18.5 Å². The van der Waals surface area contributed by atoms with Crippen molar-refractivity contribution >= 4 is 28.5 Å². The van der Waals surface area contributed by atoms with Gasteiger partial charge in [-0.25, -0.2) is 9.37 Å². The highest BCUT2D eigenvalue weighted by atomic mass is 32.1. The number of carbonyl (C=O) groups excluding carboxylic acids is 1. The third-order valence-electron chi connectivity index (χ3n) is 4.76. The minimum absolute atomic E-state index is 0.0253. The van der Waals surface area contributed by atoms with Crippen molar-refractivity contribution in [2.24, 2.45) is 5.92 Å². The largest absolute Gasteiger partial charge is 0.302 e. The first-order valence-electron chi connectivity index (χ1n) is 8.52. The van der Waals surface area contributed by atoms with Crippen LogP contribution >= 0.6 is 11.3 Å². The number of allylic oxidation sites excluding steroid dienone is 1. The Kier molecular flexibility index (Phi) is 5.27. The van der Waals surface area contributed by atoms with Gasteiger partial charge in [-0.05, 0) is 43.9 Å². The van der Waals surface area contributed by atoms with Crippen molar-refractivity contribution in [1.29, 1.82) is 0 Å². The predicted molar refractivity (Wildman–Crippen MR) is 99.2 cm³/mol. The fourth-order valence-electron chi connectivity index (χ4n) is 2.81. The molecule has 25 heavy (non-hydrogen) atoms. The molecule has 6 heteroatoms. The Morgan fingerprint density at radius 2 is 2.16 bits per heavy atom. The summed E-state index contributed by atoms with van der Waals surface area (Å²) in [5.41, 5.74) is 2.32. The monoisotopic (exact) mass is 359 g/mol. The highest BCUT2D eigenvalue weighted by molar-refractivity contribution is 7.15. The Morgan fingerprint density at radius 1 is 1.40 bits per heavy atom. The zero-order valence-electron chi connectivity index (χ0n) is 14.7. The number of aromatic nitrogens is 2. The van der Waals surface area contributed by atoms with E-state index in [1.54, 1.807) is 13.1 Å². The molecule has 1 atom stereocenters. The maximum atomic E-state index is 13.7. The topological polar surface area (TPSA) is 54.9 Å². The van der Waals surface area contributed by atoms with Crippen LogP contribution in [0.25, 0.3) is 6.08 Å². The number of anilines is 1. The summed E-state index contributed by atoms with van der Waals surface area (Å²) in [7, 11) is 0. The molecule has 0 aliphatic heterocycles. The quantitative estimate of drug-likeness (QED) is 0.830. The van der Waals surface area contributed by atoms with Crippen LogP contribution in [0.1, 0.15) is 53.8 Å². The second kappa shape index (κ2) is 7.44. The SMILES string of the molecule is Cc1sc(NC(=O)C2CCC2)nc1/C=C\[C@@H](C)c1cncc(F)c1C. The molecule has 0 radical (unpaired) electrons. The van der Waals surface area contributed by atoms with Gasteiger partial charge in [0.15, 0.2) is 5.13 Å². The molecule has 2 aromatic heterocycles. The van der Waals surface area contributed by atoms with E-state index in [1.165, 1.54) is 17.5 Å². The molecule has 1 fully saturated rings. The van der Waals surface area contributed by atoms with E-state index in [4.69, 9.17) is 0 Å². The Balaban J connectivity index is 1.70. The maximum Gasteiger partial charge on any atom is 0.229 e. The van der Waals surface area contributed by atoms with Gasteiger partial charge in [-0.3, -0.25) is 9.78 Å². The molecule has 0 bridgehead atoms. The normalized spacial score (nSPS) is 16.0. The number of carbonyl (C=O) groups is 1. The number of rotatable bonds is 5. The fourth-order valence-corrected chi connectivity index (χ4v) is 3.61. The van der Waals surface area contributed by atoms with E-state index in [0.29, 0.717) is 10.7 Å². The van der Waals surface area contributed by atoms with Crippen LogP contribution < -0.4 is 5.32 Å². The van der Waals surface area contributed by atoms with Gasteiger partial charge in [-0.2, -0.15) is 0 Å². The van der Waals surface area contributed by atoms with Crippen LogP contribution in [0.3, 0.4) is 0 Å². The lowest BCUT2D eigenvalue weighted by Gasteiger charge is -2.23. The Bertz CT molecular complexity index is 811. The van der Waals surface area contributed by atoms with E-state index in [9.17, 15) is 9.18 Å². The van der Waals surface area contributed by atoms with Gasteiger partial charge in [0, 0.05) is 22.9 Å². The molecule has 0 aromatic carbocycles. The molecule has 2 heterocycles. The van der Waals surface area contributed by atoms with Gasteiger partial charge < -0.3 is 5.32 Å². The molecule has 3 rings (SSSR count). The molecular formula is C19H22FN3OS. The second-order valence-corrected chi connectivity index (χ2v) is 7.76. The molecular weight excluding hydrogens is 337 g/mol. The lowest BCUT2D eigenvalue weighted by Crippen LogP contribution is -2.27. The van der Waals surface area contributed by atoms with Crippen LogP contribution in [-0.2, 0) is 4.79 Å². The van der Waals surface area contributed by atoms with Crippen molar-refractivity contribution in [3.8, 4) is 0 Å². The van der Waals surface area contributed by atoms with Gasteiger partial charge in [-0.15, -0.1) is 11.3 Å². The number of aryl methyl sites for hydroxylation is 1. The number of nitrogens with zero attached hydrogens (tertiary/aromatic N) is 2. The number of pyridine rings is 1. The van der Waals surface area contributed by atoms with Crippen molar-refractivity contribution in [3.05, 3.63) is 46.0 Å². The number of amides is 1. The van der Waals surface area contributed by atoms with E-state index in [1.807, 2.05) is 26.0 Å². The minimum atomic E-state index is -0.288. The van der Waals surface area contributed by atoms with Gasteiger partial charge in [0.1, 0.15) is 5.82 Å². The molecule has 1 aliphatic carbocycles. The highest BCUT2D eigenvalue weighted by Gasteiger charge is 2.25. The van der Waals surface area contributed by atoms with Crippen LogP contribution in [0, 0.1) is 25.6 Å². The van der Waals surface area contributed by atoms with Crippen LogP contribution in [0.2, 0.25) is 0 Å². The Hall–Kier alpha value is -2.08. The summed E-state index contributed by atoms with van der Waals surface area (Å²) >= 11 is 1.48. The third-order valence-corrected chi connectivity index (χ3v) is 5.67. The van der Waals surface area contributed by atoms with Crippen molar-refractivity contribution < 1.29 is 9.18 Å². The van der Waals surface area contributed by atoms with Gasteiger partial charge >= 0.3 is 0 Å². The second-order valence-electron chi connectivity index (χ2n) is 6.56. The third kappa shape index (κ3) is 3.95. The first-order valence-corrected chi connectivity index (χ1v) is 9.34. The van der Waals surface area contributed by atoms with E-state index >= 15 is 0 Å². The summed E-state index contributed by atoms with van der Waals surface area (Å²) < 4.78 is 13.7. The molecule has 0 spiro atoms. The number of nitrogens with one attached hydrogen (secondary N) is 1. The molecule has 1 aliphatic rings. The molecule has 132 valence electrons. The fraction of sp³-hybridized carbons (Fsp3) is 0.421. The van der Waals surface area contributed by atoms with Crippen LogP contribution in [0.4, 0.5) is 9.52 Å². The first-order chi connectivity index (χ1) is 12.0. The standard InChI is InChI=1S/C19H22FN3OS/c1-11(15-9-21-10-16(20)12(15)2)7-8-17-13(3)25-19(22-17)23-18(24)14-5-4-6-14/h7-11,14H,4-6H2,1-3H3,(H,22,23,24)/b8-7-/t11-/m1/s1. The van der Waals surface area contributed by atoms with Crippen LogP contribution in [0.5, 0.6) is 0 Å². The van der Waals surface area contributed by atoms with E-state index < -0.39 is 0 Å². The molecule has 1 N–H and O–H groups in total. The summed E-state index contributed by atoms with van der Waals surface area (Å²) in [5.74, 6) is -0.0436. The molecule has 1 amide bonds. The molecule has 4 nitrogen and oxygen atoms in total. The molecule has 1 saturated carbocycles. The molecule has 0 unspecified atom stereocenters. The summed E-state index contributed by atoms with van der Waals surface area (Å²) in [4.78, 5) is 21.5. The van der Waals surface area contributed by atoms with Crippen molar-refractivity contribution in [1.82, 2.24) is 9.97 Å². The summed E-state index contributed by atoms with van der Waals surface area (Å²) in [6.45, 7) is 5.75. The predicted octanol–water partition coefficient (Wildman–Crippen LogP) is 4.85. The maximum absolute atomic E-state index is 13.7. The Morgan fingerprint density at radius 3 is 2.84 bits per heavy atom. The van der Waals surface area contributed by atoms with Crippen molar-refractivity contribution in [3.63, 3.8) is 0 Å². The Labute approximate surface area is 151 Å². The number of hydrogen-bond acceptors (Lipinski definition) is 4. The lowest BCUT2D eigenvalue weighted by atomic mass is 9.85. The van der Waals surface area contributed by atoms with Gasteiger partial charge in [0.2, 0.25) is 5.91 Å². The van der Waals surface area contributed by atoms with E-state index in [2.05, 4.69) is 15.3 Å². The van der Waals surface area contributed by atoms with E-state index in [0.717, 1.165) is 35.4 Å². The summed E-state index contributed by atoms with van der Waals surface area (Å²) in [6, 6.07) is 0. The zero-order valence-corrected chi connectivity index (χ0v) is 15.5. The summed E-state index contributed by atoms with van der Waals surface area (Å²) in [5, 5.41) is 3.56. The molecule has 2 aromatic rings. The average molecular weight is 359 g/mol. The number of thiazole rings is 1. The smallest absolute Gasteiger partial charge is 0.229 e. The van der Waals surface area contributed by atoms with Gasteiger partial charge in [-0.1, -0.05) is 19.4 Å². The van der Waals surface area contributed by atoms with Crippen molar-refractivity contribution in [2.75, 3.05) is 5.32 Å². The van der Waals surface area contributed by atoms with Crippen molar-refractivity contribution in [2.45, 2.75) is 46.0 Å². The number of halogens is 1. The van der Waals surface area contributed by atoms with E-state index in [-0.39, 0.29) is 23.6 Å². The van der Waals surface area contributed by atoms with Gasteiger partial charge in [0.05, 0.1) is 11.9 Å². The number of hydrogen-bond donors (Lipinski definition) is 1. The summed E-state index contributed by atoms with van der Waals surface area (Å²) in [6.07, 6.45) is 9.93. The lowest BCUT2D eigenvalue weighted by molar-refractivity contribution is -0.122. The average Bonchev–Trinajstić information content (AvgIpc) is 2.85. The first kappa shape index (κ1) is 17.7. The van der Waals surface area contributed by atoms with Crippen LogP contribution in [-0.4, -0.2) is 15.9 Å². The highest BCUT2D eigenvalue weighted by Crippen LogP contribution is 2.30. The molecule has 0 saturated heterocycles. The zero-order chi connectivity index (χ0) is 18.0.